The van der Waals surface area contributed by atoms with Crippen LogP contribution in [0.5, 0.6) is 0 Å². The number of amidine groups is 1. The second-order valence-corrected chi connectivity index (χ2v) is 12.4. The van der Waals surface area contributed by atoms with E-state index in [9.17, 15) is 18.0 Å². The molecule has 0 aliphatic carbocycles. The molecule has 0 saturated carbocycles. The molecule has 1 aromatic carbocycles. The maximum Gasteiger partial charge on any atom is 0.408 e. The fourth-order valence-electron chi connectivity index (χ4n) is 3.89. The number of nitrogens with zero attached hydrogens (tertiary/aromatic N) is 3. The lowest BCUT2D eigenvalue weighted by Crippen LogP contribution is -2.38. The van der Waals surface area contributed by atoms with Crippen LogP contribution >= 0.6 is 11.8 Å². The van der Waals surface area contributed by atoms with E-state index in [-0.39, 0.29) is 29.3 Å². The first-order chi connectivity index (χ1) is 15.4. The van der Waals surface area contributed by atoms with Crippen molar-refractivity contribution < 1.29 is 22.7 Å². The van der Waals surface area contributed by atoms with Gasteiger partial charge in [0.1, 0.15) is 12.1 Å². The zero-order chi connectivity index (χ0) is 24.4. The van der Waals surface area contributed by atoms with Gasteiger partial charge < -0.3 is 19.9 Å². The number of hydrogen-bond donors (Lipinski definition) is 1. The van der Waals surface area contributed by atoms with Crippen molar-refractivity contribution in [1.82, 2.24) is 5.32 Å². The number of amides is 2. The van der Waals surface area contributed by atoms with Gasteiger partial charge in [-0.2, -0.15) is 4.99 Å². The maximum absolute atomic E-state index is 12.5. The van der Waals surface area contributed by atoms with Gasteiger partial charge in [-0.3, -0.25) is 4.79 Å². The molecule has 2 saturated heterocycles. The Morgan fingerprint density at radius 2 is 1.82 bits per heavy atom. The number of thioether (sulfide) groups is 1. The van der Waals surface area contributed by atoms with Crippen LogP contribution in [0.1, 0.15) is 34.6 Å². The van der Waals surface area contributed by atoms with Crippen LogP contribution in [0.4, 0.5) is 16.2 Å². The van der Waals surface area contributed by atoms with E-state index >= 15 is 0 Å². The van der Waals surface area contributed by atoms with E-state index in [0.717, 1.165) is 24.5 Å². The summed E-state index contributed by atoms with van der Waals surface area (Å²) < 4.78 is 29.6. The molecule has 0 bridgehead atoms. The second kappa shape index (κ2) is 9.92. The average molecular weight is 497 g/mol. The molecule has 3 rings (SSSR count). The highest BCUT2D eigenvalue weighted by Crippen LogP contribution is 2.41. The van der Waals surface area contributed by atoms with Crippen LogP contribution in [-0.4, -0.2) is 73.6 Å². The summed E-state index contributed by atoms with van der Waals surface area (Å²) in [5.41, 5.74) is 1.19. The molecule has 2 fully saturated rings. The summed E-state index contributed by atoms with van der Waals surface area (Å²) in [4.78, 5) is 32.6. The quantitative estimate of drug-likeness (QED) is 0.640. The van der Waals surface area contributed by atoms with Crippen LogP contribution in [-0.2, 0) is 19.4 Å². The lowest BCUT2D eigenvalue weighted by Gasteiger charge is -2.26. The number of nitrogens with one attached hydrogen (secondary N) is 1. The van der Waals surface area contributed by atoms with E-state index in [0.29, 0.717) is 5.17 Å². The summed E-state index contributed by atoms with van der Waals surface area (Å²) in [6, 6.07) is 7.56. The molecule has 0 unspecified atom stereocenters. The molecule has 2 aliphatic rings. The molecule has 2 amide bonds. The Bertz CT molecular complexity index is 1010. The molecule has 2 heterocycles. The Hall–Kier alpha value is -2.27. The third-order valence-electron chi connectivity index (χ3n) is 5.33. The van der Waals surface area contributed by atoms with Gasteiger partial charge >= 0.3 is 6.09 Å². The number of anilines is 2. The summed E-state index contributed by atoms with van der Waals surface area (Å²) in [5, 5.41) is 2.68. The molecular weight excluding hydrogens is 464 g/mol. The second-order valence-electron chi connectivity index (χ2n) is 9.00. The number of carbonyl (C=O) groups excluding carboxylic acids is 2. The predicted molar refractivity (Wildman–Crippen MR) is 133 cm³/mol. The number of ether oxygens (including phenoxy) is 1. The van der Waals surface area contributed by atoms with E-state index in [1.165, 1.54) is 11.8 Å². The Kier molecular flexibility index (Phi) is 7.62. The third kappa shape index (κ3) is 6.41. The topological polar surface area (TPSA) is 108 Å². The van der Waals surface area contributed by atoms with Gasteiger partial charge in [0.05, 0.1) is 17.5 Å². The highest BCUT2D eigenvalue weighted by molar-refractivity contribution is 8.16. The van der Waals surface area contributed by atoms with Crippen molar-refractivity contribution in [3.63, 3.8) is 0 Å². The Morgan fingerprint density at radius 3 is 2.39 bits per heavy atom. The van der Waals surface area contributed by atoms with Gasteiger partial charge in [-0.05, 0) is 58.9 Å². The van der Waals surface area contributed by atoms with E-state index in [2.05, 4.69) is 29.1 Å². The summed E-state index contributed by atoms with van der Waals surface area (Å²) in [6.07, 6.45) is -0.693. The van der Waals surface area contributed by atoms with Crippen molar-refractivity contribution in [2.75, 3.05) is 40.9 Å². The number of sulfone groups is 1. The van der Waals surface area contributed by atoms with E-state index in [1.54, 1.807) is 20.8 Å². The average Bonchev–Trinajstić information content (AvgIpc) is 3.17. The highest BCUT2D eigenvalue weighted by Gasteiger charge is 2.49. The van der Waals surface area contributed by atoms with Gasteiger partial charge in [-0.1, -0.05) is 11.8 Å². The fourth-order valence-corrected chi connectivity index (χ4v) is 7.82. The molecule has 0 aromatic heterocycles. The minimum atomic E-state index is -3.15. The predicted octanol–water partition coefficient (Wildman–Crippen LogP) is 2.66. The number of aliphatic imine (C=N–C) groups is 1. The third-order valence-corrected chi connectivity index (χ3v) is 8.54. The number of hydrogen-bond acceptors (Lipinski definition) is 7. The Morgan fingerprint density at radius 1 is 1.18 bits per heavy atom. The van der Waals surface area contributed by atoms with Crippen LogP contribution in [0, 0.1) is 0 Å². The van der Waals surface area contributed by atoms with Gasteiger partial charge in [-0.25, -0.2) is 13.2 Å². The molecular formula is C22H32N4O5S2. The van der Waals surface area contributed by atoms with E-state index in [4.69, 9.17) is 4.74 Å². The largest absolute Gasteiger partial charge is 0.444 e. The minimum absolute atomic E-state index is 0.0197. The van der Waals surface area contributed by atoms with Gasteiger partial charge in [-0.15, -0.1) is 0 Å². The zero-order valence-electron chi connectivity index (χ0n) is 19.7. The summed E-state index contributed by atoms with van der Waals surface area (Å²) in [6.45, 7) is 10.8. The lowest BCUT2D eigenvalue weighted by molar-refractivity contribution is -0.117. The van der Waals surface area contributed by atoms with Crippen molar-refractivity contribution in [1.29, 1.82) is 0 Å². The molecule has 1 N–H and O–H groups in total. The number of benzene rings is 1. The zero-order valence-corrected chi connectivity index (χ0v) is 21.3. The first kappa shape index (κ1) is 25.4. The maximum atomic E-state index is 12.5. The van der Waals surface area contributed by atoms with Crippen LogP contribution in [0.2, 0.25) is 0 Å². The monoisotopic (exact) mass is 496 g/mol. The molecule has 182 valence electrons. The van der Waals surface area contributed by atoms with Gasteiger partial charge in [0.25, 0.3) is 5.91 Å². The SMILES string of the molecule is CCN(CC)c1ccc(N2C(=NC(=O)CNC(=O)OC(C)(C)C)S[C@@H]3CS(=O)(=O)C[C@H]32)cc1. The molecule has 0 radical (unpaired) electrons. The number of rotatable bonds is 6. The number of fused-ring (bicyclic) bond motifs is 1. The Balaban J connectivity index is 1.80. The van der Waals surface area contributed by atoms with Gasteiger partial charge in [0, 0.05) is 29.7 Å². The molecule has 11 heteroatoms. The number of carbonyl (C=O) groups is 2. The molecule has 0 spiro atoms. The van der Waals surface area contributed by atoms with Gasteiger partial charge in [0.15, 0.2) is 15.0 Å². The normalized spacial score (nSPS) is 22.8. The fraction of sp³-hybridized carbons (Fsp3) is 0.591. The molecule has 9 nitrogen and oxygen atoms in total. The standard InChI is InChI=1S/C22H32N4O5S2/c1-6-25(7-2)15-8-10-16(11-9-15)26-17-13-33(29,30)14-18(17)32-20(26)24-19(27)12-23-21(28)31-22(3,4)5/h8-11,17-18H,6-7,12-14H2,1-5H3,(H,23,28)/t17-,18-/m1/s1. The molecule has 2 aliphatic heterocycles. The first-order valence-electron chi connectivity index (χ1n) is 11.0. The van der Waals surface area contributed by atoms with Crippen LogP contribution in [0.3, 0.4) is 0 Å². The minimum Gasteiger partial charge on any atom is -0.444 e. The number of alkyl carbamates (subject to hydrolysis) is 1. The molecule has 33 heavy (non-hydrogen) atoms. The van der Waals surface area contributed by atoms with Crippen LogP contribution in [0.25, 0.3) is 0 Å². The van der Waals surface area contributed by atoms with Crippen molar-refractivity contribution in [2.45, 2.75) is 51.5 Å². The van der Waals surface area contributed by atoms with E-state index < -0.39 is 27.4 Å². The molecule has 2 atom stereocenters. The van der Waals surface area contributed by atoms with Crippen molar-refractivity contribution in [3.05, 3.63) is 24.3 Å². The lowest BCUT2D eigenvalue weighted by atomic mass is 10.2. The Labute approximate surface area is 199 Å². The van der Waals surface area contributed by atoms with Crippen molar-refractivity contribution >= 4 is 50.1 Å². The first-order valence-corrected chi connectivity index (χ1v) is 13.7. The van der Waals surface area contributed by atoms with Crippen molar-refractivity contribution in [2.24, 2.45) is 4.99 Å². The van der Waals surface area contributed by atoms with Crippen LogP contribution < -0.4 is 15.1 Å². The highest BCUT2D eigenvalue weighted by atomic mass is 32.2. The summed E-state index contributed by atoms with van der Waals surface area (Å²) in [7, 11) is -3.15. The smallest absolute Gasteiger partial charge is 0.408 e. The van der Waals surface area contributed by atoms with Gasteiger partial charge in [0.2, 0.25) is 0 Å². The van der Waals surface area contributed by atoms with Crippen LogP contribution in [0.15, 0.2) is 29.3 Å². The van der Waals surface area contributed by atoms with Crippen molar-refractivity contribution in [3.8, 4) is 0 Å². The van der Waals surface area contributed by atoms with E-state index in [1.807, 2.05) is 29.2 Å². The molecule has 1 aromatic rings. The summed E-state index contributed by atoms with van der Waals surface area (Å²) >= 11 is 1.30. The summed E-state index contributed by atoms with van der Waals surface area (Å²) in [5.74, 6) is -0.457.